The Morgan fingerprint density at radius 1 is 1.00 bits per heavy atom. The smallest absolute Gasteiger partial charge is 0.328 e. The van der Waals surface area contributed by atoms with Gasteiger partial charge >= 0.3 is 5.97 Å². The van der Waals surface area contributed by atoms with Crippen molar-refractivity contribution in [2.45, 2.75) is 53.4 Å². The molecule has 0 fully saturated rings. The molecule has 144 valence electrons. The van der Waals surface area contributed by atoms with Gasteiger partial charge in [0.15, 0.2) is 0 Å². The lowest BCUT2D eigenvalue weighted by molar-refractivity contribution is -0.131. The maximum Gasteiger partial charge on any atom is 0.328 e. The van der Waals surface area contributed by atoms with E-state index >= 15 is 0 Å². The molecule has 3 nitrogen and oxygen atoms in total. The van der Waals surface area contributed by atoms with E-state index in [-0.39, 0.29) is 0 Å². The molecule has 0 atom stereocenters. The van der Waals surface area contributed by atoms with E-state index in [0.29, 0.717) is 5.57 Å². The van der Waals surface area contributed by atoms with Crippen molar-refractivity contribution in [1.29, 1.82) is 0 Å². The molecule has 1 N–H and O–H groups in total. The van der Waals surface area contributed by atoms with Crippen LogP contribution in [0, 0.1) is 13.8 Å². The lowest BCUT2D eigenvalue weighted by atomic mass is 9.83. The van der Waals surface area contributed by atoms with Gasteiger partial charge in [-0.15, -0.1) is 0 Å². The summed E-state index contributed by atoms with van der Waals surface area (Å²) in [6.07, 6.45) is 15.9. The van der Waals surface area contributed by atoms with Crippen LogP contribution < -0.4 is 4.74 Å². The number of rotatable bonds is 6. The highest BCUT2D eigenvalue weighted by Gasteiger charge is 2.21. The fourth-order valence-electron chi connectivity index (χ4n) is 3.64. The van der Waals surface area contributed by atoms with Crippen LogP contribution >= 0.6 is 0 Å². The number of benzene rings is 1. The second kappa shape index (κ2) is 9.40. The predicted molar refractivity (Wildman–Crippen MR) is 112 cm³/mol. The fourth-order valence-corrected chi connectivity index (χ4v) is 3.64. The molecule has 0 spiro atoms. The Labute approximate surface area is 162 Å². The molecule has 0 heterocycles. The van der Waals surface area contributed by atoms with Gasteiger partial charge in [0, 0.05) is 6.08 Å². The number of allylic oxidation sites excluding steroid dienone is 6. The molecule has 0 radical (unpaired) electrons. The molecule has 1 aliphatic carbocycles. The topological polar surface area (TPSA) is 46.5 Å². The van der Waals surface area contributed by atoms with Crippen LogP contribution in [0.4, 0.5) is 0 Å². The van der Waals surface area contributed by atoms with Crippen LogP contribution in [0.3, 0.4) is 0 Å². The Bertz CT molecular complexity index is 836. The van der Waals surface area contributed by atoms with Crippen molar-refractivity contribution in [2.24, 2.45) is 0 Å². The first-order valence-corrected chi connectivity index (χ1v) is 9.48. The minimum atomic E-state index is -0.923. The van der Waals surface area contributed by atoms with Gasteiger partial charge in [0.2, 0.25) is 0 Å². The molecule has 0 bridgehead atoms. The molecule has 27 heavy (non-hydrogen) atoms. The van der Waals surface area contributed by atoms with Crippen LogP contribution in [0.5, 0.6) is 5.75 Å². The largest absolute Gasteiger partial charge is 0.496 e. The summed E-state index contributed by atoms with van der Waals surface area (Å²) in [7, 11) is 1.77. The first kappa shape index (κ1) is 20.8. The second-order valence-corrected chi connectivity index (χ2v) is 7.19. The maximum atomic E-state index is 10.6. The minimum Gasteiger partial charge on any atom is -0.496 e. The van der Waals surface area contributed by atoms with Crippen molar-refractivity contribution >= 4 is 12.0 Å². The van der Waals surface area contributed by atoms with Gasteiger partial charge in [-0.1, -0.05) is 36.0 Å². The number of hydrogen-bond acceptors (Lipinski definition) is 2. The first-order valence-electron chi connectivity index (χ1n) is 9.48. The summed E-state index contributed by atoms with van der Waals surface area (Å²) in [4.78, 5) is 10.6. The van der Waals surface area contributed by atoms with Gasteiger partial charge < -0.3 is 9.84 Å². The van der Waals surface area contributed by atoms with Gasteiger partial charge in [0.1, 0.15) is 5.75 Å². The minimum absolute atomic E-state index is 0.714. The molecule has 0 unspecified atom stereocenters. The third-order valence-electron chi connectivity index (χ3n) is 5.16. The van der Waals surface area contributed by atoms with Crippen LogP contribution in [0.25, 0.3) is 6.08 Å². The van der Waals surface area contributed by atoms with E-state index in [4.69, 9.17) is 9.84 Å². The standard InChI is InChI=1S/C24H30O3/c1-16(9-8-10-17(2)15-23(25)26)13-14-20-18(3)19(4)24(27-5)22-12-7-6-11-21(20)22/h8-10,13-15H,6-7,11-12H2,1-5H3,(H,25,26). The van der Waals surface area contributed by atoms with Crippen LogP contribution in [0.2, 0.25) is 0 Å². The molecule has 0 saturated heterocycles. The quantitative estimate of drug-likeness (QED) is 0.516. The SMILES string of the molecule is COc1c(C)c(C)c(C=CC(C)=CC=CC(C)=CC(=O)O)c2c1CCCC2. The van der Waals surface area contributed by atoms with E-state index in [0.717, 1.165) is 24.2 Å². The van der Waals surface area contributed by atoms with E-state index in [2.05, 4.69) is 32.9 Å². The van der Waals surface area contributed by atoms with E-state index < -0.39 is 5.97 Å². The zero-order chi connectivity index (χ0) is 20.0. The lowest BCUT2D eigenvalue weighted by Crippen LogP contribution is -2.10. The maximum absolute atomic E-state index is 10.6. The number of carboxylic acid groups (broad SMARTS) is 1. The van der Waals surface area contributed by atoms with Crippen molar-refractivity contribution in [3.8, 4) is 5.75 Å². The molecule has 0 amide bonds. The second-order valence-electron chi connectivity index (χ2n) is 7.19. The molecule has 0 saturated carbocycles. The van der Waals surface area contributed by atoms with Crippen molar-refractivity contribution in [2.75, 3.05) is 7.11 Å². The Morgan fingerprint density at radius 3 is 2.30 bits per heavy atom. The van der Waals surface area contributed by atoms with Crippen molar-refractivity contribution in [3.63, 3.8) is 0 Å². The van der Waals surface area contributed by atoms with Gasteiger partial charge in [-0.05, 0) is 86.8 Å². The molecule has 1 aliphatic rings. The van der Waals surface area contributed by atoms with Crippen LogP contribution in [-0.4, -0.2) is 18.2 Å². The number of fused-ring (bicyclic) bond motifs is 1. The van der Waals surface area contributed by atoms with Gasteiger partial charge in [0.25, 0.3) is 0 Å². The fraction of sp³-hybridized carbons (Fsp3) is 0.375. The van der Waals surface area contributed by atoms with Crippen LogP contribution in [-0.2, 0) is 17.6 Å². The molecule has 3 heteroatoms. The molecule has 1 aromatic carbocycles. The van der Waals surface area contributed by atoms with Crippen LogP contribution in [0.15, 0.2) is 41.5 Å². The van der Waals surface area contributed by atoms with E-state index in [1.165, 1.54) is 46.7 Å². The summed E-state index contributed by atoms with van der Waals surface area (Å²) in [5, 5.41) is 8.74. The molecule has 1 aromatic rings. The van der Waals surface area contributed by atoms with Gasteiger partial charge in [-0.3, -0.25) is 0 Å². The number of methoxy groups -OCH3 is 1. The number of carboxylic acids is 1. The van der Waals surface area contributed by atoms with Gasteiger partial charge in [-0.25, -0.2) is 4.79 Å². The zero-order valence-electron chi connectivity index (χ0n) is 17.1. The monoisotopic (exact) mass is 366 g/mol. The van der Waals surface area contributed by atoms with Crippen LogP contribution in [0.1, 0.15) is 54.5 Å². The lowest BCUT2D eigenvalue weighted by Gasteiger charge is -2.25. The van der Waals surface area contributed by atoms with E-state index in [1.54, 1.807) is 20.1 Å². The molecule has 0 aliphatic heterocycles. The van der Waals surface area contributed by atoms with Gasteiger partial charge in [0.05, 0.1) is 7.11 Å². The van der Waals surface area contributed by atoms with Gasteiger partial charge in [-0.2, -0.15) is 0 Å². The van der Waals surface area contributed by atoms with Crippen molar-refractivity contribution < 1.29 is 14.6 Å². The summed E-state index contributed by atoms with van der Waals surface area (Å²) in [6.45, 7) is 8.14. The highest BCUT2D eigenvalue weighted by Crippen LogP contribution is 2.38. The Kier molecular flexibility index (Phi) is 7.23. The average molecular weight is 367 g/mol. The van der Waals surface area contributed by atoms with E-state index in [1.807, 2.05) is 12.2 Å². The summed E-state index contributed by atoms with van der Waals surface area (Å²) >= 11 is 0. The normalized spacial score (nSPS) is 15.4. The Balaban J connectivity index is 2.31. The number of hydrogen-bond donors (Lipinski definition) is 1. The summed E-state index contributed by atoms with van der Waals surface area (Å²) in [5.74, 6) is 0.142. The average Bonchev–Trinajstić information content (AvgIpc) is 2.62. The zero-order valence-corrected chi connectivity index (χ0v) is 17.1. The first-order chi connectivity index (χ1) is 12.8. The predicted octanol–water partition coefficient (Wildman–Crippen LogP) is 5.74. The highest BCUT2D eigenvalue weighted by molar-refractivity contribution is 5.81. The Hall–Kier alpha value is -2.55. The molecular formula is C24H30O3. The molecular weight excluding hydrogens is 336 g/mol. The number of ether oxygens (including phenoxy) is 1. The Morgan fingerprint density at radius 2 is 1.67 bits per heavy atom. The summed E-state index contributed by atoms with van der Waals surface area (Å²) in [6, 6.07) is 0. The van der Waals surface area contributed by atoms with Crippen molar-refractivity contribution in [1.82, 2.24) is 0 Å². The summed E-state index contributed by atoms with van der Waals surface area (Å²) in [5.41, 5.74) is 8.48. The highest BCUT2D eigenvalue weighted by atomic mass is 16.5. The summed E-state index contributed by atoms with van der Waals surface area (Å²) < 4.78 is 5.72. The van der Waals surface area contributed by atoms with E-state index in [9.17, 15) is 4.79 Å². The molecule has 2 rings (SSSR count). The van der Waals surface area contributed by atoms with Crippen molar-refractivity contribution in [3.05, 3.63) is 69.3 Å². The number of aliphatic carboxylic acids is 1. The number of carbonyl (C=O) groups is 1. The molecule has 0 aromatic heterocycles. The third kappa shape index (κ3) is 5.22. The third-order valence-corrected chi connectivity index (χ3v) is 5.16.